The molecular weight excluding hydrogens is 412 g/mol. The molecule has 0 bridgehead atoms. The third-order valence-corrected chi connectivity index (χ3v) is 5.52. The van der Waals surface area contributed by atoms with Gasteiger partial charge < -0.3 is 14.4 Å². The molecule has 0 aliphatic heterocycles. The molecule has 3 aromatic rings. The predicted octanol–water partition coefficient (Wildman–Crippen LogP) is 4.19. The van der Waals surface area contributed by atoms with Gasteiger partial charge in [-0.05, 0) is 51.3 Å². The lowest BCUT2D eigenvalue weighted by atomic mass is 10.1. The summed E-state index contributed by atoms with van der Waals surface area (Å²) >= 11 is 1.08. The normalized spacial score (nSPS) is 11.2. The Morgan fingerprint density at radius 3 is 2.47 bits per heavy atom. The summed E-state index contributed by atoms with van der Waals surface area (Å²) in [5.41, 5.74) is 0.428. The number of hydrogen-bond donors (Lipinski definition) is 0. The SMILES string of the molecule is COc1ccc(C(=O)N(CCCN(C)C)c2nc3c(F)cc(F)cc3s2)cc1OC. The van der Waals surface area contributed by atoms with Crippen molar-refractivity contribution in [3.05, 3.63) is 47.5 Å². The number of thiazole rings is 1. The third kappa shape index (κ3) is 4.68. The summed E-state index contributed by atoms with van der Waals surface area (Å²) in [5, 5.41) is 0.313. The second-order valence-corrected chi connectivity index (χ2v) is 7.92. The van der Waals surface area contributed by atoms with E-state index in [0.717, 1.165) is 23.9 Å². The van der Waals surface area contributed by atoms with Crippen molar-refractivity contribution < 1.29 is 23.0 Å². The Labute approximate surface area is 177 Å². The largest absolute Gasteiger partial charge is 0.493 e. The number of rotatable bonds is 8. The molecule has 9 heteroatoms. The number of methoxy groups -OCH3 is 2. The van der Waals surface area contributed by atoms with Gasteiger partial charge in [-0.1, -0.05) is 11.3 Å². The third-order valence-electron chi connectivity index (χ3n) is 4.50. The average Bonchev–Trinajstić information content (AvgIpc) is 3.14. The van der Waals surface area contributed by atoms with Gasteiger partial charge in [0.05, 0.1) is 18.9 Å². The topological polar surface area (TPSA) is 54.9 Å². The number of carbonyl (C=O) groups is 1. The summed E-state index contributed by atoms with van der Waals surface area (Å²) in [6.45, 7) is 1.12. The Balaban J connectivity index is 2.00. The van der Waals surface area contributed by atoms with E-state index in [4.69, 9.17) is 9.47 Å². The number of anilines is 1. The van der Waals surface area contributed by atoms with E-state index in [2.05, 4.69) is 4.98 Å². The van der Waals surface area contributed by atoms with Crippen LogP contribution >= 0.6 is 11.3 Å². The highest BCUT2D eigenvalue weighted by Gasteiger charge is 2.23. The summed E-state index contributed by atoms with van der Waals surface area (Å²) in [6, 6.07) is 6.89. The molecular formula is C21H23F2N3O3S. The van der Waals surface area contributed by atoms with Crippen molar-refractivity contribution >= 4 is 32.6 Å². The van der Waals surface area contributed by atoms with Gasteiger partial charge in [-0.3, -0.25) is 9.69 Å². The number of nitrogens with zero attached hydrogens (tertiary/aromatic N) is 3. The lowest BCUT2D eigenvalue weighted by Gasteiger charge is -2.21. The number of benzene rings is 2. The summed E-state index contributed by atoms with van der Waals surface area (Å²) in [4.78, 5) is 21.1. The summed E-state index contributed by atoms with van der Waals surface area (Å²) < 4.78 is 38.6. The number of carbonyl (C=O) groups excluding carboxylic acids is 1. The average molecular weight is 435 g/mol. The zero-order valence-electron chi connectivity index (χ0n) is 17.2. The summed E-state index contributed by atoms with van der Waals surface area (Å²) in [5.74, 6) is -0.811. The van der Waals surface area contributed by atoms with Crippen molar-refractivity contribution in [3.8, 4) is 11.5 Å². The Morgan fingerprint density at radius 1 is 1.07 bits per heavy atom. The van der Waals surface area contributed by atoms with Crippen LogP contribution < -0.4 is 14.4 Å². The van der Waals surface area contributed by atoms with Gasteiger partial charge in [0.1, 0.15) is 11.3 Å². The molecule has 30 heavy (non-hydrogen) atoms. The molecule has 1 amide bonds. The predicted molar refractivity (Wildman–Crippen MR) is 114 cm³/mol. The fourth-order valence-electron chi connectivity index (χ4n) is 3.02. The first-order valence-corrected chi connectivity index (χ1v) is 10.1. The van der Waals surface area contributed by atoms with Crippen LogP contribution in [0.5, 0.6) is 11.5 Å². The molecule has 0 radical (unpaired) electrons. The Bertz CT molecular complexity index is 1060. The van der Waals surface area contributed by atoms with Gasteiger partial charge in [-0.2, -0.15) is 0 Å². The minimum absolute atomic E-state index is 0.0501. The highest BCUT2D eigenvalue weighted by atomic mass is 32.1. The van der Waals surface area contributed by atoms with Crippen LogP contribution in [0.15, 0.2) is 30.3 Å². The van der Waals surface area contributed by atoms with Gasteiger partial charge >= 0.3 is 0 Å². The summed E-state index contributed by atoms with van der Waals surface area (Å²) in [6.07, 6.45) is 0.679. The molecule has 0 N–H and O–H groups in total. The highest BCUT2D eigenvalue weighted by Crippen LogP contribution is 2.33. The lowest BCUT2D eigenvalue weighted by molar-refractivity contribution is 0.0985. The zero-order valence-corrected chi connectivity index (χ0v) is 18.1. The molecule has 2 aromatic carbocycles. The van der Waals surface area contributed by atoms with Crippen molar-refractivity contribution in [1.29, 1.82) is 0 Å². The number of amides is 1. The zero-order chi connectivity index (χ0) is 21.8. The molecule has 0 aliphatic rings. The van der Waals surface area contributed by atoms with Crippen LogP contribution in [0.4, 0.5) is 13.9 Å². The molecule has 0 saturated carbocycles. The molecule has 1 aromatic heterocycles. The maximum Gasteiger partial charge on any atom is 0.260 e. The van der Waals surface area contributed by atoms with Crippen molar-refractivity contribution in [2.45, 2.75) is 6.42 Å². The van der Waals surface area contributed by atoms with E-state index in [1.807, 2.05) is 19.0 Å². The van der Waals surface area contributed by atoms with Gasteiger partial charge in [0.15, 0.2) is 22.4 Å². The van der Waals surface area contributed by atoms with E-state index in [1.165, 1.54) is 25.2 Å². The van der Waals surface area contributed by atoms with E-state index >= 15 is 0 Å². The Morgan fingerprint density at radius 2 is 1.80 bits per heavy atom. The van der Waals surface area contributed by atoms with Crippen LogP contribution in [-0.4, -0.2) is 57.2 Å². The van der Waals surface area contributed by atoms with Crippen LogP contribution in [0.3, 0.4) is 0 Å². The minimum atomic E-state index is -0.751. The maximum absolute atomic E-state index is 14.2. The van der Waals surface area contributed by atoms with Crippen molar-refractivity contribution in [2.75, 3.05) is 46.3 Å². The standard InChI is InChI=1S/C21H23F2N3O3S/c1-25(2)8-5-9-26(20(27)13-6-7-16(28-3)17(10-13)29-4)21-24-19-15(23)11-14(22)12-18(19)30-21/h6-7,10-12H,5,8-9H2,1-4H3. The number of ether oxygens (including phenoxy) is 2. The molecule has 0 fully saturated rings. The lowest BCUT2D eigenvalue weighted by Crippen LogP contribution is -2.33. The molecule has 0 spiro atoms. The molecule has 1 heterocycles. The number of hydrogen-bond acceptors (Lipinski definition) is 6. The van der Waals surface area contributed by atoms with Crippen LogP contribution in [-0.2, 0) is 0 Å². The van der Waals surface area contributed by atoms with Crippen molar-refractivity contribution in [3.63, 3.8) is 0 Å². The van der Waals surface area contributed by atoms with Crippen molar-refractivity contribution in [1.82, 2.24) is 9.88 Å². The molecule has 0 atom stereocenters. The smallest absolute Gasteiger partial charge is 0.260 e. The van der Waals surface area contributed by atoms with Crippen LogP contribution in [0.1, 0.15) is 16.8 Å². The Hall–Kier alpha value is -2.78. The van der Waals surface area contributed by atoms with Gasteiger partial charge in [-0.15, -0.1) is 0 Å². The number of halogens is 2. The van der Waals surface area contributed by atoms with E-state index < -0.39 is 11.6 Å². The Kier molecular flexibility index (Phi) is 6.84. The van der Waals surface area contributed by atoms with Gasteiger partial charge in [-0.25, -0.2) is 13.8 Å². The van der Waals surface area contributed by atoms with Crippen LogP contribution in [0.2, 0.25) is 0 Å². The number of aromatic nitrogens is 1. The first-order valence-electron chi connectivity index (χ1n) is 9.28. The van der Waals surface area contributed by atoms with Crippen LogP contribution in [0, 0.1) is 11.6 Å². The highest BCUT2D eigenvalue weighted by molar-refractivity contribution is 7.22. The second-order valence-electron chi connectivity index (χ2n) is 6.91. The van der Waals surface area contributed by atoms with E-state index in [0.29, 0.717) is 39.9 Å². The quantitative estimate of drug-likeness (QED) is 0.531. The fourth-order valence-corrected chi connectivity index (χ4v) is 4.04. The van der Waals surface area contributed by atoms with Crippen LogP contribution in [0.25, 0.3) is 10.2 Å². The molecule has 0 aliphatic carbocycles. The van der Waals surface area contributed by atoms with Gasteiger partial charge in [0.25, 0.3) is 5.91 Å². The molecule has 3 rings (SSSR count). The summed E-state index contributed by atoms with van der Waals surface area (Å²) in [7, 11) is 6.89. The van der Waals surface area contributed by atoms with Gasteiger partial charge in [0, 0.05) is 18.2 Å². The molecule has 6 nitrogen and oxygen atoms in total. The van der Waals surface area contributed by atoms with E-state index in [-0.39, 0.29) is 11.4 Å². The van der Waals surface area contributed by atoms with Gasteiger partial charge in [0.2, 0.25) is 0 Å². The molecule has 0 saturated heterocycles. The van der Waals surface area contributed by atoms with Crippen molar-refractivity contribution in [2.24, 2.45) is 0 Å². The maximum atomic E-state index is 14.2. The molecule has 160 valence electrons. The van der Waals surface area contributed by atoms with E-state index in [9.17, 15) is 13.6 Å². The second kappa shape index (κ2) is 9.36. The minimum Gasteiger partial charge on any atom is -0.493 e. The number of fused-ring (bicyclic) bond motifs is 1. The fraction of sp³-hybridized carbons (Fsp3) is 0.333. The van der Waals surface area contributed by atoms with E-state index in [1.54, 1.807) is 18.2 Å². The first kappa shape index (κ1) is 21.9. The molecule has 0 unspecified atom stereocenters. The monoisotopic (exact) mass is 435 g/mol. The first-order chi connectivity index (χ1) is 14.3.